The number of hydrogen-bond donors (Lipinski definition) is 2. The van der Waals surface area contributed by atoms with Crippen LogP contribution in [-0.4, -0.2) is 43.5 Å². The molecule has 0 bridgehead atoms. The number of nitrogens with two attached hydrogens (primary N) is 1. The summed E-state index contributed by atoms with van der Waals surface area (Å²) < 4.78 is 0. The monoisotopic (exact) mass is 269 g/mol. The van der Waals surface area contributed by atoms with Crippen LogP contribution >= 0.6 is 0 Å². The highest BCUT2D eigenvalue weighted by Gasteiger charge is 2.46. The Hall–Kier alpha value is -0.610. The van der Waals surface area contributed by atoms with Crippen molar-refractivity contribution in [1.82, 2.24) is 10.2 Å². The Morgan fingerprint density at radius 3 is 2.79 bits per heavy atom. The summed E-state index contributed by atoms with van der Waals surface area (Å²) in [6.07, 6.45) is 5.37. The van der Waals surface area contributed by atoms with Gasteiger partial charge in [0, 0.05) is 6.54 Å². The number of nitrogens with zero attached hydrogens (tertiary/aromatic N) is 1. The van der Waals surface area contributed by atoms with Crippen LogP contribution in [0, 0.1) is 11.8 Å². The summed E-state index contributed by atoms with van der Waals surface area (Å²) in [5, 5.41) is 3.21. The van der Waals surface area contributed by atoms with Crippen LogP contribution in [0.5, 0.6) is 0 Å². The Labute approximate surface area is 118 Å². The molecule has 0 aliphatic heterocycles. The van der Waals surface area contributed by atoms with Crippen LogP contribution < -0.4 is 11.1 Å². The molecule has 3 unspecified atom stereocenters. The van der Waals surface area contributed by atoms with Gasteiger partial charge in [-0.05, 0) is 51.7 Å². The quantitative estimate of drug-likeness (QED) is 0.703. The second-order valence-electron chi connectivity index (χ2n) is 6.24. The van der Waals surface area contributed by atoms with Crippen molar-refractivity contribution in [3.05, 3.63) is 0 Å². The second kappa shape index (κ2) is 7.25. The molecule has 0 saturated heterocycles. The first-order valence-electron chi connectivity index (χ1n) is 7.63. The molecule has 0 spiro atoms. The van der Waals surface area contributed by atoms with Gasteiger partial charge < -0.3 is 16.0 Å². The van der Waals surface area contributed by atoms with Gasteiger partial charge in [-0.1, -0.05) is 26.7 Å². The maximum Gasteiger partial charge on any atom is 0.238 e. The van der Waals surface area contributed by atoms with Gasteiger partial charge in [0.15, 0.2) is 0 Å². The van der Waals surface area contributed by atoms with Gasteiger partial charge >= 0.3 is 0 Å². The first-order valence-corrected chi connectivity index (χ1v) is 7.63. The lowest BCUT2D eigenvalue weighted by Gasteiger charge is -2.33. The van der Waals surface area contributed by atoms with Crippen molar-refractivity contribution in [3.8, 4) is 0 Å². The summed E-state index contributed by atoms with van der Waals surface area (Å²) in [6.45, 7) is 6.69. The number of amides is 1. The van der Waals surface area contributed by atoms with Crippen molar-refractivity contribution in [3.63, 3.8) is 0 Å². The van der Waals surface area contributed by atoms with E-state index in [1.54, 1.807) is 0 Å². The minimum atomic E-state index is -0.461. The molecular weight excluding hydrogens is 238 g/mol. The van der Waals surface area contributed by atoms with E-state index in [0.29, 0.717) is 5.92 Å². The summed E-state index contributed by atoms with van der Waals surface area (Å²) in [7, 11) is 4.04. The average Bonchev–Trinajstić information content (AvgIpc) is 2.80. The number of rotatable bonds is 8. The molecule has 0 radical (unpaired) electrons. The fourth-order valence-electron chi connectivity index (χ4n) is 3.37. The molecule has 4 nitrogen and oxygen atoms in total. The maximum absolute atomic E-state index is 11.8. The smallest absolute Gasteiger partial charge is 0.238 e. The minimum absolute atomic E-state index is 0.179. The van der Waals surface area contributed by atoms with Crippen molar-refractivity contribution in [1.29, 1.82) is 0 Å². The highest BCUT2D eigenvalue weighted by Crippen LogP contribution is 2.37. The van der Waals surface area contributed by atoms with Gasteiger partial charge in [0.25, 0.3) is 0 Å². The zero-order chi connectivity index (χ0) is 14.5. The first-order chi connectivity index (χ1) is 8.96. The molecule has 1 amide bonds. The van der Waals surface area contributed by atoms with E-state index in [1.165, 1.54) is 6.42 Å². The molecule has 1 saturated carbocycles. The number of nitrogens with one attached hydrogen (secondary N) is 1. The fraction of sp³-hybridized carbons (Fsp3) is 0.933. The van der Waals surface area contributed by atoms with Crippen molar-refractivity contribution >= 4 is 5.91 Å². The van der Waals surface area contributed by atoms with E-state index < -0.39 is 5.54 Å². The summed E-state index contributed by atoms with van der Waals surface area (Å²) in [5.41, 5.74) is 5.17. The molecule has 4 heteroatoms. The number of hydrogen-bond acceptors (Lipinski definition) is 3. The molecule has 3 atom stereocenters. The third kappa shape index (κ3) is 3.93. The highest BCUT2D eigenvalue weighted by molar-refractivity contribution is 5.85. The normalized spacial score (nSPS) is 28.8. The molecular formula is C15H31N3O. The van der Waals surface area contributed by atoms with Crippen LogP contribution in [0.2, 0.25) is 0 Å². The summed E-state index contributed by atoms with van der Waals surface area (Å²) >= 11 is 0. The lowest BCUT2D eigenvalue weighted by atomic mass is 9.84. The maximum atomic E-state index is 11.8. The number of carbonyl (C=O) groups excluding carboxylic acids is 1. The molecule has 1 aliphatic carbocycles. The van der Waals surface area contributed by atoms with Gasteiger partial charge in [-0.3, -0.25) is 4.79 Å². The lowest BCUT2D eigenvalue weighted by molar-refractivity contribution is -0.125. The van der Waals surface area contributed by atoms with Gasteiger partial charge in [-0.2, -0.15) is 0 Å². The largest absolute Gasteiger partial charge is 0.368 e. The van der Waals surface area contributed by atoms with E-state index in [-0.39, 0.29) is 5.91 Å². The van der Waals surface area contributed by atoms with E-state index in [9.17, 15) is 4.79 Å². The summed E-state index contributed by atoms with van der Waals surface area (Å²) in [5.74, 6) is 0.940. The molecule has 19 heavy (non-hydrogen) atoms. The van der Waals surface area contributed by atoms with Crippen LogP contribution in [0.3, 0.4) is 0 Å². The van der Waals surface area contributed by atoms with E-state index in [4.69, 9.17) is 5.73 Å². The highest BCUT2D eigenvalue weighted by atomic mass is 16.1. The predicted octanol–water partition coefficient (Wildman–Crippen LogP) is 1.60. The van der Waals surface area contributed by atoms with Crippen molar-refractivity contribution in [2.24, 2.45) is 17.6 Å². The van der Waals surface area contributed by atoms with Gasteiger partial charge in [-0.15, -0.1) is 0 Å². The van der Waals surface area contributed by atoms with Crippen molar-refractivity contribution in [2.45, 2.75) is 51.5 Å². The average molecular weight is 269 g/mol. The van der Waals surface area contributed by atoms with E-state index in [2.05, 4.69) is 31.1 Å². The van der Waals surface area contributed by atoms with Crippen LogP contribution in [0.25, 0.3) is 0 Å². The standard InChI is InChI=1S/C15H31N3O/c1-5-12(2)11-18(4)10-8-13-7-6-9-15(13,17-3)14(16)19/h12-13,17H,5-11H2,1-4H3,(H2,16,19). The van der Waals surface area contributed by atoms with Crippen LogP contribution in [0.4, 0.5) is 0 Å². The predicted molar refractivity (Wildman–Crippen MR) is 79.9 cm³/mol. The lowest BCUT2D eigenvalue weighted by Crippen LogP contribution is -2.56. The molecule has 1 fully saturated rings. The Bertz CT molecular complexity index is 295. The molecule has 1 rings (SSSR count). The molecule has 112 valence electrons. The topological polar surface area (TPSA) is 58.4 Å². The molecule has 0 aromatic rings. The molecule has 0 heterocycles. The first kappa shape index (κ1) is 16.4. The van der Waals surface area contributed by atoms with Gasteiger partial charge in [0.05, 0.1) is 0 Å². The second-order valence-corrected chi connectivity index (χ2v) is 6.24. The summed E-state index contributed by atoms with van der Waals surface area (Å²) in [4.78, 5) is 14.2. The SMILES string of the molecule is CCC(C)CN(C)CCC1CCCC1(NC)C(N)=O. The van der Waals surface area contributed by atoms with Gasteiger partial charge in [0.2, 0.25) is 5.91 Å². The Morgan fingerprint density at radius 1 is 1.58 bits per heavy atom. The number of carbonyl (C=O) groups is 1. The third-order valence-corrected chi connectivity index (χ3v) is 4.89. The molecule has 1 aliphatic rings. The summed E-state index contributed by atoms with van der Waals surface area (Å²) in [6, 6.07) is 0. The number of primary amides is 1. The van der Waals surface area contributed by atoms with E-state index >= 15 is 0 Å². The molecule has 0 aromatic heterocycles. The Balaban J connectivity index is 2.49. The minimum Gasteiger partial charge on any atom is -0.368 e. The van der Waals surface area contributed by atoms with Crippen molar-refractivity contribution in [2.75, 3.05) is 27.2 Å². The molecule has 0 aromatic carbocycles. The zero-order valence-electron chi connectivity index (χ0n) is 13.0. The van der Waals surface area contributed by atoms with Crippen LogP contribution in [0.1, 0.15) is 46.0 Å². The molecule has 3 N–H and O–H groups in total. The Morgan fingerprint density at radius 2 is 2.26 bits per heavy atom. The van der Waals surface area contributed by atoms with E-state index in [1.807, 2.05) is 7.05 Å². The fourth-order valence-corrected chi connectivity index (χ4v) is 3.37. The van der Waals surface area contributed by atoms with Gasteiger partial charge in [0.1, 0.15) is 5.54 Å². The Kier molecular flexibility index (Phi) is 6.27. The zero-order valence-corrected chi connectivity index (χ0v) is 13.0. The van der Waals surface area contributed by atoms with E-state index in [0.717, 1.165) is 44.7 Å². The van der Waals surface area contributed by atoms with Crippen LogP contribution in [-0.2, 0) is 4.79 Å². The number of likely N-dealkylation sites (N-methyl/N-ethyl adjacent to an activating group) is 1. The van der Waals surface area contributed by atoms with Gasteiger partial charge in [-0.25, -0.2) is 0 Å². The third-order valence-electron chi connectivity index (χ3n) is 4.89. The van der Waals surface area contributed by atoms with Crippen molar-refractivity contribution < 1.29 is 4.79 Å². The van der Waals surface area contributed by atoms with Crippen LogP contribution in [0.15, 0.2) is 0 Å².